The Kier molecular flexibility index (Phi) is 4.04. The number of nitrogens with one attached hydrogen (secondary N) is 1. The zero-order chi connectivity index (χ0) is 15.8. The van der Waals surface area contributed by atoms with Crippen molar-refractivity contribution in [3.8, 4) is 5.75 Å². The molecule has 2 aromatic rings. The predicted molar refractivity (Wildman–Crippen MR) is 94.9 cm³/mol. The van der Waals surface area contributed by atoms with Crippen molar-refractivity contribution in [3.63, 3.8) is 0 Å². The van der Waals surface area contributed by atoms with E-state index in [1.165, 1.54) is 11.1 Å². The monoisotopic (exact) mass is 373 g/mol. The maximum atomic E-state index is 6.19. The average Bonchev–Trinajstić information content (AvgIpc) is 2.61. The van der Waals surface area contributed by atoms with Crippen molar-refractivity contribution in [2.75, 3.05) is 19.0 Å². The van der Waals surface area contributed by atoms with Gasteiger partial charge in [-0.05, 0) is 37.1 Å². The van der Waals surface area contributed by atoms with E-state index < -0.39 is 0 Å². The Morgan fingerprint density at radius 3 is 2.91 bits per heavy atom. The van der Waals surface area contributed by atoms with E-state index in [1.807, 2.05) is 12.1 Å². The second kappa shape index (κ2) is 6.17. The molecule has 2 heterocycles. The number of halogens is 1. The quantitative estimate of drug-likeness (QED) is 0.794. The van der Waals surface area contributed by atoms with Crippen molar-refractivity contribution in [1.82, 2.24) is 0 Å². The normalized spacial score (nSPS) is 25.9. The molecule has 23 heavy (non-hydrogen) atoms. The Balaban J connectivity index is 1.80. The molecule has 0 aliphatic carbocycles. The Morgan fingerprint density at radius 1 is 1.17 bits per heavy atom. The number of methoxy groups -OCH3 is 1. The molecule has 1 N–H and O–H groups in total. The van der Waals surface area contributed by atoms with Crippen LogP contribution in [-0.4, -0.2) is 13.7 Å². The fourth-order valence-corrected chi connectivity index (χ4v) is 4.25. The van der Waals surface area contributed by atoms with Crippen molar-refractivity contribution in [2.24, 2.45) is 5.92 Å². The van der Waals surface area contributed by atoms with Gasteiger partial charge in [0.2, 0.25) is 0 Å². The molecule has 0 saturated carbocycles. The summed E-state index contributed by atoms with van der Waals surface area (Å²) in [5.41, 5.74) is 3.63. The summed E-state index contributed by atoms with van der Waals surface area (Å²) in [5.74, 6) is 1.36. The van der Waals surface area contributed by atoms with E-state index in [0.29, 0.717) is 5.92 Å². The van der Waals surface area contributed by atoms with E-state index in [2.05, 4.69) is 51.6 Å². The van der Waals surface area contributed by atoms with Gasteiger partial charge in [-0.1, -0.05) is 34.1 Å². The molecule has 0 amide bonds. The lowest BCUT2D eigenvalue weighted by atomic mass is 9.77. The third-order valence-corrected chi connectivity index (χ3v) is 5.39. The zero-order valence-corrected chi connectivity index (χ0v) is 14.7. The third kappa shape index (κ3) is 2.64. The van der Waals surface area contributed by atoms with Crippen LogP contribution in [0, 0.1) is 5.92 Å². The number of benzene rings is 2. The number of para-hydroxylation sites is 1. The molecule has 120 valence electrons. The van der Waals surface area contributed by atoms with Gasteiger partial charge in [-0.25, -0.2) is 0 Å². The minimum Gasteiger partial charge on any atom is -0.496 e. The first-order valence-electron chi connectivity index (χ1n) is 8.08. The summed E-state index contributed by atoms with van der Waals surface area (Å²) in [6, 6.07) is 14.9. The van der Waals surface area contributed by atoms with Crippen LogP contribution in [0.5, 0.6) is 5.75 Å². The van der Waals surface area contributed by atoms with E-state index in [4.69, 9.17) is 9.47 Å². The largest absolute Gasteiger partial charge is 0.496 e. The molecule has 2 aliphatic heterocycles. The molecular formula is C19H20BrNO2. The van der Waals surface area contributed by atoms with Gasteiger partial charge in [-0.2, -0.15) is 0 Å². The van der Waals surface area contributed by atoms with Crippen LogP contribution in [0.4, 0.5) is 5.69 Å². The minimum absolute atomic E-state index is 0.146. The number of anilines is 1. The summed E-state index contributed by atoms with van der Waals surface area (Å²) >= 11 is 3.59. The third-order valence-electron chi connectivity index (χ3n) is 4.90. The van der Waals surface area contributed by atoms with Gasteiger partial charge in [0.1, 0.15) is 5.75 Å². The molecule has 1 saturated heterocycles. The minimum atomic E-state index is 0.146. The molecule has 0 bridgehead atoms. The van der Waals surface area contributed by atoms with Crippen molar-refractivity contribution in [3.05, 3.63) is 58.1 Å². The molecule has 2 aliphatic rings. The zero-order valence-electron chi connectivity index (χ0n) is 13.1. The van der Waals surface area contributed by atoms with Gasteiger partial charge in [-0.15, -0.1) is 0 Å². The number of rotatable bonds is 2. The lowest BCUT2D eigenvalue weighted by molar-refractivity contribution is -0.0383. The van der Waals surface area contributed by atoms with Crippen molar-refractivity contribution in [2.45, 2.75) is 25.0 Å². The lowest BCUT2D eigenvalue weighted by Crippen LogP contribution is -2.36. The number of hydrogen-bond acceptors (Lipinski definition) is 3. The molecule has 3 atom stereocenters. The van der Waals surface area contributed by atoms with Gasteiger partial charge >= 0.3 is 0 Å². The van der Waals surface area contributed by atoms with E-state index in [0.717, 1.165) is 35.4 Å². The van der Waals surface area contributed by atoms with E-state index >= 15 is 0 Å². The van der Waals surface area contributed by atoms with Crippen LogP contribution in [0.1, 0.15) is 36.1 Å². The van der Waals surface area contributed by atoms with Crippen LogP contribution < -0.4 is 10.1 Å². The SMILES string of the molecule is COc1ccccc1[C@H]1Nc2ccc(Br)cc2[C@H]2OCCC[C@@H]12. The fourth-order valence-electron chi connectivity index (χ4n) is 3.87. The van der Waals surface area contributed by atoms with E-state index in [-0.39, 0.29) is 12.1 Å². The molecule has 4 rings (SSSR count). The van der Waals surface area contributed by atoms with Crippen LogP contribution in [0.25, 0.3) is 0 Å². The van der Waals surface area contributed by atoms with Crippen LogP contribution in [-0.2, 0) is 4.74 Å². The van der Waals surface area contributed by atoms with Gasteiger partial charge in [0.25, 0.3) is 0 Å². The van der Waals surface area contributed by atoms with Gasteiger partial charge in [-0.3, -0.25) is 0 Å². The standard InChI is InChI=1S/C19H20BrNO2/c1-22-17-7-3-2-5-13(17)18-14-6-4-10-23-19(14)15-11-12(20)8-9-16(15)21-18/h2-3,5,7-9,11,14,18-19,21H,4,6,10H2,1H3/t14-,18+,19-/m0/s1. The van der Waals surface area contributed by atoms with Crippen molar-refractivity contribution in [1.29, 1.82) is 0 Å². The summed E-state index contributed by atoms with van der Waals surface area (Å²) < 4.78 is 12.9. The predicted octanol–water partition coefficient (Wildman–Crippen LogP) is 5.09. The first-order chi connectivity index (χ1) is 11.3. The number of fused-ring (bicyclic) bond motifs is 3. The summed E-state index contributed by atoms with van der Waals surface area (Å²) in [6.45, 7) is 0.839. The molecule has 0 aromatic heterocycles. The molecule has 0 spiro atoms. The van der Waals surface area contributed by atoms with Crippen LogP contribution >= 0.6 is 15.9 Å². The topological polar surface area (TPSA) is 30.5 Å². The van der Waals surface area contributed by atoms with Crippen LogP contribution in [0.2, 0.25) is 0 Å². The summed E-state index contributed by atoms with van der Waals surface area (Å²) in [7, 11) is 1.74. The molecule has 0 radical (unpaired) electrons. The average molecular weight is 374 g/mol. The molecule has 2 aromatic carbocycles. The van der Waals surface area contributed by atoms with E-state index in [1.54, 1.807) is 7.11 Å². The first-order valence-corrected chi connectivity index (χ1v) is 8.88. The molecule has 3 nitrogen and oxygen atoms in total. The molecular weight excluding hydrogens is 354 g/mol. The maximum Gasteiger partial charge on any atom is 0.124 e. The summed E-state index contributed by atoms with van der Waals surface area (Å²) in [6.07, 6.45) is 2.41. The highest BCUT2D eigenvalue weighted by Gasteiger charge is 2.40. The number of ether oxygens (including phenoxy) is 2. The summed E-state index contributed by atoms with van der Waals surface area (Å²) in [4.78, 5) is 0. The molecule has 1 fully saturated rings. The van der Waals surface area contributed by atoms with Gasteiger partial charge in [0, 0.05) is 33.8 Å². The maximum absolute atomic E-state index is 6.19. The van der Waals surface area contributed by atoms with Crippen molar-refractivity contribution >= 4 is 21.6 Å². The highest BCUT2D eigenvalue weighted by atomic mass is 79.9. The smallest absolute Gasteiger partial charge is 0.124 e. The Bertz CT molecular complexity index is 718. The number of hydrogen-bond donors (Lipinski definition) is 1. The van der Waals surface area contributed by atoms with Gasteiger partial charge < -0.3 is 14.8 Å². The second-order valence-electron chi connectivity index (χ2n) is 6.19. The van der Waals surface area contributed by atoms with Crippen LogP contribution in [0.15, 0.2) is 46.9 Å². The second-order valence-corrected chi connectivity index (χ2v) is 7.11. The fraction of sp³-hybridized carbons (Fsp3) is 0.368. The Morgan fingerprint density at radius 2 is 2.04 bits per heavy atom. The first kappa shape index (κ1) is 15.0. The van der Waals surface area contributed by atoms with Gasteiger partial charge in [0.05, 0.1) is 19.3 Å². The van der Waals surface area contributed by atoms with Crippen molar-refractivity contribution < 1.29 is 9.47 Å². The van der Waals surface area contributed by atoms with E-state index in [9.17, 15) is 0 Å². The van der Waals surface area contributed by atoms with Gasteiger partial charge in [0.15, 0.2) is 0 Å². The highest BCUT2D eigenvalue weighted by molar-refractivity contribution is 9.10. The Hall–Kier alpha value is -1.52. The van der Waals surface area contributed by atoms with Crippen LogP contribution in [0.3, 0.4) is 0 Å². The summed E-state index contributed by atoms with van der Waals surface area (Å²) in [5, 5.41) is 3.73. The lowest BCUT2D eigenvalue weighted by Gasteiger charge is -2.43. The highest BCUT2D eigenvalue weighted by Crippen LogP contribution is 2.50. The Labute approximate surface area is 145 Å². The molecule has 0 unspecified atom stereocenters. The molecule has 4 heteroatoms.